The highest BCUT2D eigenvalue weighted by Gasteiger charge is 2.16. The number of hydrogen-bond donors (Lipinski definition) is 0. The normalized spacial score (nSPS) is 15.5. The number of hydrogen-bond acceptors (Lipinski definition) is 2. The molecule has 0 spiro atoms. The van der Waals surface area contributed by atoms with Crippen LogP contribution in [0.4, 0.5) is 0 Å². The number of piperidine rings is 1. The van der Waals surface area contributed by atoms with Gasteiger partial charge >= 0.3 is 0 Å². The lowest BCUT2D eigenvalue weighted by Crippen LogP contribution is -2.28. The van der Waals surface area contributed by atoms with Gasteiger partial charge in [-0.3, -0.25) is 4.90 Å². The van der Waals surface area contributed by atoms with Crippen LogP contribution in [0.25, 0.3) is 10.9 Å². The maximum Gasteiger partial charge on any atom is 0.119 e. The van der Waals surface area contributed by atoms with E-state index in [2.05, 4.69) is 74.1 Å². The van der Waals surface area contributed by atoms with Crippen LogP contribution in [-0.4, -0.2) is 29.7 Å². The Kier molecular flexibility index (Phi) is 5.32. The number of nitrogens with zero attached hydrogens (tertiary/aromatic N) is 2. The Hall–Kier alpha value is -1.78. The van der Waals surface area contributed by atoms with Crippen molar-refractivity contribution in [1.29, 1.82) is 0 Å². The number of ether oxygens (including phenoxy) is 1. The molecule has 2 aromatic carbocycles. The monoisotopic (exact) mass is 412 g/mol. The summed E-state index contributed by atoms with van der Waals surface area (Å²) in [7, 11) is 1.74. The Bertz CT molecular complexity index is 896. The summed E-state index contributed by atoms with van der Waals surface area (Å²) < 4.78 is 9.01. The lowest BCUT2D eigenvalue weighted by atomic mass is 10.1. The van der Waals surface area contributed by atoms with Gasteiger partial charge in [-0.05, 0) is 61.3 Å². The number of aromatic nitrogens is 1. The zero-order chi connectivity index (χ0) is 17.9. The molecule has 0 radical (unpaired) electrons. The molecule has 4 rings (SSSR count). The third-order valence-corrected chi connectivity index (χ3v) is 6.09. The maximum atomic E-state index is 5.48. The molecule has 0 N–H and O–H groups in total. The maximum absolute atomic E-state index is 5.48. The van der Waals surface area contributed by atoms with E-state index in [1.807, 2.05) is 0 Å². The van der Waals surface area contributed by atoms with Crippen LogP contribution in [0.2, 0.25) is 0 Å². The molecule has 1 saturated heterocycles. The molecule has 1 aliphatic heterocycles. The highest BCUT2D eigenvalue weighted by Crippen LogP contribution is 2.29. The molecule has 0 saturated carbocycles. The molecular weight excluding hydrogens is 388 g/mol. The number of rotatable bonds is 5. The number of fused-ring (bicyclic) bond motifs is 1. The van der Waals surface area contributed by atoms with Crippen LogP contribution in [0, 0.1) is 0 Å². The molecule has 1 fully saturated rings. The first kappa shape index (κ1) is 17.6. The van der Waals surface area contributed by atoms with Crippen LogP contribution < -0.4 is 4.74 Å². The van der Waals surface area contributed by atoms with Crippen LogP contribution in [0.15, 0.2) is 53.1 Å². The summed E-state index contributed by atoms with van der Waals surface area (Å²) in [6, 6.07) is 14.9. The van der Waals surface area contributed by atoms with Crippen molar-refractivity contribution in [3.05, 3.63) is 64.3 Å². The summed E-state index contributed by atoms with van der Waals surface area (Å²) in [4.78, 5) is 2.58. The van der Waals surface area contributed by atoms with E-state index in [0.29, 0.717) is 0 Å². The predicted molar refractivity (Wildman–Crippen MR) is 111 cm³/mol. The Balaban J connectivity index is 1.71. The Morgan fingerprint density at radius 3 is 2.54 bits per heavy atom. The Labute approximate surface area is 163 Å². The molecule has 136 valence electrons. The molecule has 0 unspecified atom stereocenters. The summed E-state index contributed by atoms with van der Waals surface area (Å²) in [6.07, 6.45) is 6.34. The van der Waals surface area contributed by atoms with Crippen molar-refractivity contribution in [2.75, 3.05) is 20.2 Å². The second kappa shape index (κ2) is 7.85. The highest BCUT2D eigenvalue weighted by atomic mass is 79.9. The van der Waals surface area contributed by atoms with E-state index in [9.17, 15) is 0 Å². The lowest BCUT2D eigenvalue weighted by Gasteiger charge is -2.26. The Morgan fingerprint density at radius 2 is 1.77 bits per heavy atom. The molecule has 0 bridgehead atoms. The first-order valence-corrected chi connectivity index (χ1v) is 10.2. The topological polar surface area (TPSA) is 17.4 Å². The predicted octanol–water partition coefficient (Wildman–Crippen LogP) is 5.45. The molecule has 0 atom stereocenters. The minimum Gasteiger partial charge on any atom is -0.497 e. The zero-order valence-electron chi connectivity index (χ0n) is 15.2. The average Bonchev–Trinajstić information content (AvgIpc) is 3.01. The van der Waals surface area contributed by atoms with Gasteiger partial charge in [-0.1, -0.05) is 40.5 Å². The summed E-state index contributed by atoms with van der Waals surface area (Å²) in [5.41, 5.74) is 3.96. The van der Waals surface area contributed by atoms with Crippen molar-refractivity contribution in [1.82, 2.24) is 9.47 Å². The van der Waals surface area contributed by atoms with Gasteiger partial charge < -0.3 is 9.30 Å². The molecule has 1 aliphatic rings. The van der Waals surface area contributed by atoms with Gasteiger partial charge in [0.15, 0.2) is 0 Å². The van der Waals surface area contributed by atoms with Gasteiger partial charge in [0.25, 0.3) is 0 Å². The SMILES string of the molecule is COc1ccc2c(c1)c(CN1CCCCC1)cn2Cc1ccccc1Br. The fraction of sp³-hybridized carbons (Fsp3) is 0.364. The van der Waals surface area contributed by atoms with E-state index in [0.717, 1.165) is 23.3 Å². The van der Waals surface area contributed by atoms with Gasteiger partial charge in [0.05, 0.1) is 7.11 Å². The third kappa shape index (κ3) is 3.67. The molecule has 4 heteroatoms. The third-order valence-electron chi connectivity index (χ3n) is 5.31. The van der Waals surface area contributed by atoms with E-state index in [-0.39, 0.29) is 0 Å². The van der Waals surface area contributed by atoms with E-state index >= 15 is 0 Å². The zero-order valence-corrected chi connectivity index (χ0v) is 16.8. The van der Waals surface area contributed by atoms with Gasteiger partial charge in [-0.2, -0.15) is 0 Å². The second-order valence-electron chi connectivity index (χ2n) is 7.09. The standard InChI is InChI=1S/C22H25BrN2O/c1-26-19-9-10-22-20(13-19)18(14-24-11-5-2-6-12-24)16-25(22)15-17-7-3-4-8-21(17)23/h3-4,7-10,13,16H,2,5-6,11-12,14-15H2,1H3. The summed E-state index contributed by atoms with van der Waals surface area (Å²) >= 11 is 3.69. The average molecular weight is 413 g/mol. The van der Waals surface area contributed by atoms with E-state index in [1.54, 1.807) is 7.11 Å². The molecule has 0 amide bonds. The minimum atomic E-state index is 0.865. The number of halogens is 1. The van der Waals surface area contributed by atoms with Crippen LogP contribution in [0.5, 0.6) is 5.75 Å². The molecule has 3 nitrogen and oxygen atoms in total. The van der Waals surface area contributed by atoms with Gasteiger partial charge in [-0.15, -0.1) is 0 Å². The summed E-state index contributed by atoms with van der Waals surface area (Å²) in [5, 5.41) is 1.31. The van der Waals surface area contributed by atoms with Gasteiger partial charge in [0.2, 0.25) is 0 Å². The second-order valence-corrected chi connectivity index (χ2v) is 7.95. The fourth-order valence-electron chi connectivity index (χ4n) is 3.90. The number of benzene rings is 2. The first-order valence-electron chi connectivity index (χ1n) is 9.36. The van der Waals surface area contributed by atoms with E-state index in [4.69, 9.17) is 4.74 Å². The molecular formula is C22H25BrN2O. The van der Waals surface area contributed by atoms with Gasteiger partial charge in [0, 0.05) is 34.7 Å². The van der Waals surface area contributed by atoms with E-state index < -0.39 is 0 Å². The van der Waals surface area contributed by atoms with Gasteiger partial charge in [0.1, 0.15) is 5.75 Å². The highest BCUT2D eigenvalue weighted by molar-refractivity contribution is 9.10. The van der Waals surface area contributed by atoms with Crippen molar-refractivity contribution in [3.63, 3.8) is 0 Å². The van der Waals surface area contributed by atoms with Crippen molar-refractivity contribution < 1.29 is 4.74 Å². The molecule has 2 heterocycles. The smallest absolute Gasteiger partial charge is 0.119 e. The number of methoxy groups -OCH3 is 1. The van der Waals surface area contributed by atoms with Crippen LogP contribution >= 0.6 is 15.9 Å². The van der Waals surface area contributed by atoms with Crippen LogP contribution in [0.3, 0.4) is 0 Å². The molecule has 1 aromatic heterocycles. The lowest BCUT2D eigenvalue weighted by molar-refractivity contribution is 0.221. The summed E-state index contributed by atoms with van der Waals surface area (Å²) in [5.74, 6) is 0.927. The molecule has 3 aromatic rings. The van der Waals surface area contributed by atoms with Crippen LogP contribution in [-0.2, 0) is 13.1 Å². The Morgan fingerprint density at radius 1 is 0.962 bits per heavy atom. The first-order chi connectivity index (χ1) is 12.7. The van der Waals surface area contributed by atoms with Gasteiger partial charge in [-0.25, -0.2) is 0 Å². The number of likely N-dealkylation sites (tertiary alicyclic amines) is 1. The molecule has 26 heavy (non-hydrogen) atoms. The minimum absolute atomic E-state index is 0.865. The van der Waals surface area contributed by atoms with Crippen molar-refractivity contribution in [2.24, 2.45) is 0 Å². The van der Waals surface area contributed by atoms with Crippen molar-refractivity contribution in [3.8, 4) is 5.75 Å². The molecule has 0 aliphatic carbocycles. The van der Waals surface area contributed by atoms with Crippen molar-refractivity contribution >= 4 is 26.8 Å². The quantitative estimate of drug-likeness (QED) is 0.554. The van der Waals surface area contributed by atoms with E-state index in [1.165, 1.54) is 54.4 Å². The van der Waals surface area contributed by atoms with Crippen LogP contribution in [0.1, 0.15) is 30.4 Å². The van der Waals surface area contributed by atoms with Crippen molar-refractivity contribution in [2.45, 2.75) is 32.4 Å². The summed E-state index contributed by atoms with van der Waals surface area (Å²) in [6.45, 7) is 4.30. The largest absolute Gasteiger partial charge is 0.497 e. The fourth-order valence-corrected chi connectivity index (χ4v) is 4.31.